The largest absolute Gasteiger partial charge is 0.349 e. The topological polar surface area (TPSA) is 59.8 Å². The number of nitrogens with one attached hydrogen (secondary N) is 1. The lowest BCUT2D eigenvalue weighted by atomic mass is 10.1. The minimum absolute atomic E-state index is 0.0322. The molecule has 124 valence electrons. The number of rotatable bonds is 5. The summed E-state index contributed by atoms with van der Waals surface area (Å²) in [6, 6.07) is 6.13. The zero-order valence-electron chi connectivity index (χ0n) is 13.8. The van der Waals surface area contributed by atoms with Crippen LogP contribution in [-0.2, 0) is 6.54 Å². The Balaban J connectivity index is 1.80. The smallest absolute Gasteiger partial charge is 0.252 e. The van der Waals surface area contributed by atoms with Crippen LogP contribution in [0.2, 0.25) is 0 Å². The van der Waals surface area contributed by atoms with Crippen molar-refractivity contribution in [3.05, 3.63) is 35.3 Å². The number of fused-ring (bicyclic) bond motifs is 1. The second kappa shape index (κ2) is 6.02. The Morgan fingerprint density at radius 3 is 3.00 bits per heavy atom. The van der Waals surface area contributed by atoms with Crippen LogP contribution in [0.5, 0.6) is 0 Å². The first-order chi connectivity index (χ1) is 11.7. The van der Waals surface area contributed by atoms with E-state index in [0.717, 1.165) is 28.1 Å². The average molecular weight is 340 g/mol. The molecule has 3 aromatic rings. The van der Waals surface area contributed by atoms with Gasteiger partial charge in [0.15, 0.2) is 5.65 Å². The Labute approximate surface area is 144 Å². The molecule has 1 fully saturated rings. The lowest BCUT2D eigenvalue weighted by molar-refractivity contribution is 0.0937. The van der Waals surface area contributed by atoms with Crippen molar-refractivity contribution in [2.75, 3.05) is 0 Å². The molecule has 0 saturated heterocycles. The van der Waals surface area contributed by atoms with Crippen LogP contribution >= 0.6 is 11.3 Å². The van der Waals surface area contributed by atoms with Gasteiger partial charge >= 0.3 is 0 Å². The third kappa shape index (κ3) is 2.71. The maximum Gasteiger partial charge on any atom is 0.252 e. The van der Waals surface area contributed by atoms with Gasteiger partial charge in [0.05, 0.1) is 27.7 Å². The molecule has 6 heteroatoms. The van der Waals surface area contributed by atoms with Crippen LogP contribution in [0.4, 0.5) is 0 Å². The van der Waals surface area contributed by atoms with Gasteiger partial charge in [-0.3, -0.25) is 4.79 Å². The Morgan fingerprint density at radius 1 is 1.50 bits per heavy atom. The van der Waals surface area contributed by atoms with Crippen LogP contribution in [0.3, 0.4) is 0 Å². The van der Waals surface area contributed by atoms with Crippen molar-refractivity contribution in [3.8, 4) is 10.6 Å². The van der Waals surface area contributed by atoms with Gasteiger partial charge in [0, 0.05) is 12.6 Å². The van der Waals surface area contributed by atoms with Gasteiger partial charge in [-0.15, -0.1) is 11.3 Å². The highest BCUT2D eigenvalue weighted by Gasteiger charge is 2.29. The van der Waals surface area contributed by atoms with E-state index in [0.29, 0.717) is 11.5 Å². The number of thiophene rings is 1. The normalized spacial score (nSPS) is 15.6. The van der Waals surface area contributed by atoms with Crippen LogP contribution in [0.15, 0.2) is 29.8 Å². The van der Waals surface area contributed by atoms with Gasteiger partial charge in [-0.2, -0.15) is 5.10 Å². The first-order valence-corrected chi connectivity index (χ1v) is 9.26. The molecule has 3 aromatic heterocycles. The number of carbonyl (C=O) groups is 1. The summed E-state index contributed by atoms with van der Waals surface area (Å²) in [6.45, 7) is 4.84. The molecule has 0 unspecified atom stereocenters. The highest BCUT2D eigenvalue weighted by Crippen LogP contribution is 2.33. The number of carbonyl (C=O) groups excluding carboxylic acids is 1. The molecule has 3 heterocycles. The van der Waals surface area contributed by atoms with Crippen LogP contribution < -0.4 is 5.32 Å². The van der Waals surface area contributed by atoms with Gasteiger partial charge in [-0.05, 0) is 50.1 Å². The molecule has 1 atom stereocenters. The third-order valence-corrected chi connectivity index (χ3v) is 5.51. The number of aromatic nitrogens is 3. The Bertz CT molecular complexity index is 880. The molecule has 0 aliphatic heterocycles. The summed E-state index contributed by atoms with van der Waals surface area (Å²) < 4.78 is 1.84. The minimum Gasteiger partial charge on any atom is -0.349 e. The van der Waals surface area contributed by atoms with E-state index in [1.807, 2.05) is 35.2 Å². The molecule has 1 N–H and O–H groups in total. The Morgan fingerprint density at radius 2 is 2.33 bits per heavy atom. The summed E-state index contributed by atoms with van der Waals surface area (Å²) in [5.41, 5.74) is 2.26. The van der Waals surface area contributed by atoms with E-state index in [1.165, 1.54) is 12.8 Å². The van der Waals surface area contributed by atoms with E-state index in [4.69, 9.17) is 4.98 Å². The SMILES string of the molecule is CCn1ncc2c(C(=O)N[C@H](C)C3CC3)cc(-c3cccs3)nc21. The second-order valence-corrected chi connectivity index (χ2v) is 7.28. The number of amides is 1. The van der Waals surface area contributed by atoms with Crippen molar-refractivity contribution in [1.82, 2.24) is 20.1 Å². The maximum atomic E-state index is 12.8. The first kappa shape index (κ1) is 15.3. The van der Waals surface area contributed by atoms with Crippen LogP contribution in [0.1, 0.15) is 37.0 Å². The zero-order chi connectivity index (χ0) is 16.7. The summed E-state index contributed by atoms with van der Waals surface area (Å²) in [4.78, 5) is 18.7. The van der Waals surface area contributed by atoms with E-state index in [1.54, 1.807) is 17.5 Å². The fourth-order valence-corrected chi connectivity index (χ4v) is 3.70. The Kier molecular flexibility index (Phi) is 3.84. The van der Waals surface area contributed by atoms with Gasteiger partial charge < -0.3 is 5.32 Å². The average Bonchev–Trinajstić information content (AvgIpc) is 3.14. The maximum absolute atomic E-state index is 12.8. The highest BCUT2D eigenvalue weighted by atomic mass is 32.1. The molecular weight excluding hydrogens is 320 g/mol. The fraction of sp³-hybridized carbons (Fsp3) is 0.389. The molecule has 1 aliphatic carbocycles. The van der Waals surface area contributed by atoms with Gasteiger partial charge in [-0.25, -0.2) is 9.67 Å². The Hall–Kier alpha value is -2.21. The van der Waals surface area contributed by atoms with Gasteiger partial charge in [0.1, 0.15) is 0 Å². The highest BCUT2D eigenvalue weighted by molar-refractivity contribution is 7.13. The van der Waals surface area contributed by atoms with Crippen molar-refractivity contribution in [1.29, 1.82) is 0 Å². The summed E-state index contributed by atoms with van der Waals surface area (Å²) in [5, 5.41) is 10.4. The molecule has 0 radical (unpaired) electrons. The summed E-state index contributed by atoms with van der Waals surface area (Å²) in [6.07, 6.45) is 4.17. The van der Waals surface area contributed by atoms with Crippen LogP contribution in [-0.4, -0.2) is 26.7 Å². The van der Waals surface area contributed by atoms with Crippen LogP contribution in [0, 0.1) is 5.92 Å². The van der Waals surface area contributed by atoms with Crippen molar-refractivity contribution in [2.24, 2.45) is 5.92 Å². The quantitative estimate of drug-likeness (QED) is 0.770. The molecule has 0 aromatic carbocycles. The number of hydrogen-bond donors (Lipinski definition) is 1. The molecule has 0 bridgehead atoms. The third-order valence-electron chi connectivity index (χ3n) is 4.61. The van der Waals surface area contributed by atoms with Crippen LogP contribution in [0.25, 0.3) is 21.6 Å². The number of aryl methyl sites for hydroxylation is 1. The zero-order valence-corrected chi connectivity index (χ0v) is 14.6. The summed E-state index contributed by atoms with van der Waals surface area (Å²) in [5.74, 6) is 0.594. The standard InChI is InChI=1S/C18H20N4OS/c1-3-22-17-14(10-19-22)13(18(23)20-11(2)12-6-7-12)9-15(21-17)16-5-4-8-24-16/h4-5,8-12H,3,6-7H2,1-2H3,(H,20,23)/t11-/m1/s1. The molecular formula is C18H20N4OS. The van der Waals surface area contributed by atoms with E-state index < -0.39 is 0 Å². The van der Waals surface area contributed by atoms with Gasteiger partial charge in [0.2, 0.25) is 0 Å². The van der Waals surface area contributed by atoms with E-state index in [9.17, 15) is 4.79 Å². The minimum atomic E-state index is -0.0322. The van der Waals surface area contributed by atoms with Crippen molar-refractivity contribution in [2.45, 2.75) is 39.3 Å². The van der Waals surface area contributed by atoms with Gasteiger partial charge in [-0.1, -0.05) is 6.07 Å². The van der Waals surface area contributed by atoms with Crippen molar-refractivity contribution in [3.63, 3.8) is 0 Å². The lowest BCUT2D eigenvalue weighted by Crippen LogP contribution is -2.34. The fourth-order valence-electron chi connectivity index (χ4n) is 3.02. The van der Waals surface area contributed by atoms with Gasteiger partial charge in [0.25, 0.3) is 5.91 Å². The predicted octanol–water partition coefficient (Wildman–Crippen LogP) is 3.71. The van der Waals surface area contributed by atoms with E-state index >= 15 is 0 Å². The van der Waals surface area contributed by atoms with Crippen molar-refractivity contribution >= 4 is 28.3 Å². The molecule has 0 spiro atoms. The molecule has 1 saturated carbocycles. The van der Waals surface area contributed by atoms with Crippen molar-refractivity contribution < 1.29 is 4.79 Å². The lowest BCUT2D eigenvalue weighted by Gasteiger charge is -2.14. The molecule has 1 aliphatic rings. The second-order valence-electron chi connectivity index (χ2n) is 6.33. The molecule has 1 amide bonds. The predicted molar refractivity (Wildman–Crippen MR) is 96.2 cm³/mol. The number of nitrogens with zero attached hydrogens (tertiary/aromatic N) is 3. The molecule has 24 heavy (non-hydrogen) atoms. The van der Waals surface area contributed by atoms with E-state index in [2.05, 4.69) is 17.3 Å². The molecule has 4 rings (SSSR count). The molecule has 5 nitrogen and oxygen atoms in total. The summed E-state index contributed by atoms with van der Waals surface area (Å²) >= 11 is 1.63. The van der Waals surface area contributed by atoms with E-state index in [-0.39, 0.29) is 11.9 Å². The summed E-state index contributed by atoms with van der Waals surface area (Å²) in [7, 11) is 0. The first-order valence-electron chi connectivity index (χ1n) is 8.38. The monoisotopic (exact) mass is 340 g/mol. The number of pyridine rings is 1. The number of hydrogen-bond acceptors (Lipinski definition) is 4.